The van der Waals surface area contributed by atoms with E-state index in [2.05, 4.69) is 15.3 Å². The monoisotopic (exact) mass is 341 g/mol. The summed E-state index contributed by atoms with van der Waals surface area (Å²) in [7, 11) is 0. The third-order valence-electron chi connectivity index (χ3n) is 3.21. The Morgan fingerprint density at radius 2 is 2.04 bits per heavy atom. The van der Waals surface area contributed by atoms with Crippen LogP contribution in [0.4, 0.5) is 5.13 Å². The Hall–Kier alpha value is -2.51. The smallest absolute Gasteiger partial charge is 0.286 e. The number of nitrogens with zero attached hydrogens (tertiary/aromatic N) is 2. The number of anilines is 1. The normalized spacial score (nSPS) is 11.0. The second-order valence-electron chi connectivity index (χ2n) is 4.89. The standard InChI is InChI=1S/C16H11N3O2S2/c1-9-6-7-12(21-9)11-8-22-16(18-11)19-14(20)15-17-10-4-2-3-5-13(10)23-15/h2-8H,1H3,(H,18,19,20). The Balaban J connectivity index is 1.55. The van der Waals surface area contributed by atoms with Crippen LogP contribution >= 0.6 is 22.7 Å². The van der Waals surface area contributed by atoms with Crippen molar-refractivity contribution >= 4 is 43.9 Å². The molecule has 3 aromatic heterocycles. The zero-order valence-electron chi connectivity index (χ0n) is 12.1. The Morgan fingerprint density at radius 3 is 2.83 bits per heavy atom. The van der Waals surface area contributed by atoms with Crippen molar-refractivity contribution in [2.24, 2.45) is 0 Å². The summed E-state index contributed by atoms with van der Waals surface area (Å²) in [6.45, 7) is 1.88. The molecule has 3 heterocycles. The summed E-state index contributed by atoms with van der Waals surface area (Å²) >= 11 is 2.72. The number of benzene rings is 1. The average molecular weight is 341 g/mol. The molecule has 23 heavy (non-hydrogen) atoms. The van der Waals surface area contributed by atoms with Crippen LogP contribution in [-0.2, 0) is 0 Å². The van der Waals surface area contributed by atoms with Gasteiger partial charge < -0.3 is 4.42 Å². The SMILES string of the molecule is Cc1ccc(-c2csc(NC(=O)c3nc4ccccc4s3)n2)o1. The quantitative estimate of drug-likeness (QED) is 0.592. The molecule has 0 aliphatic rings. The van der Waals surface area contributed by atoms with Crippen LogP contribution < -0.4 is 5.32 Å². The number of fused-ring (bicyclic) bond motifs is 1. The number of nitrogens with one attached hydrogen (secondary N) is 1. The number of hydrogen-bond donors (Lipinski definition) is 1. The molecule has 4 aromatic rings. The van der Waals surface area contributed by atoms with Crippen molar-refractivity contribution in [1.82, 2.24) is 9.97 Å². The van der Waals surface area contributed by atoms with Crippen molar-refractivity contribution in [3.8, 4) is 11.5 Å². The molecule has 1 N–H and O–H groups in total. The maximum absolute atomic E-state index is 12.3. The molecule has 0 aliphatic heterocycles. The lowest BCUT2D eigenvalue weighted by Gasteiger charge is -1.96. The first-order chi connectivity index (χ1) is 11.2. The molecule has 0 saturated carbocycles. The zero-order chi connectivity index (χ0) is 15.8. The highest BCUT2D eigenvalue weighted by atomic mass is 32.1. The summed E-state index contributed by atoms with van der Waals surface area (Å²) in [5, 5.41) is 5.60. The van der Waals surface area contributed by atoms with Crippen LogP contribution in [0.2, 0.25) is 0 Å². The maximum atomic E-state index is 12.3. The highest BCUT2D eigenvalue weighted by Crippen LogP contribution is 2.27. The number of aryl methyl sites for hydroxylation is 1. The van der Waals surface area contributed by atoms with E-state index in [-0.39, 0.29) is 5.91 Å². The van der Waals surface area contributed by atoms with Gasteiger partial charge in [0.05, 0.1) is 10.2 Å². The van der Waals surface area contributed by atoms with E-state index in [1.165, 1.54) is 22.7 Å². The second kappa shape index (κ2) is 5.60. The molecule has 5 nitrogen and oxygen atoms in total. The van der Waals surface area contributed by atoms with Crippen LogP contribution in [0.1, 0.15) is 15.6 Å². The van der Waals surface area contributed by atoms with Gasteiger partial charge in [-0.1, -0.05) is 12.1 Å². The van der Waals surface area contributed by atoms with Gasteiger partial charge in [-0.05, 0) is 31.2 Å². The summed E-state index contributed by atoms with van der Waals surface area (Å²) in [6.07, 6.45) is 0. The molecule has 0 radical (unpaired) electrons. The van der Waals surface area contributed by atoms with Gasteiger partial charge in [0.2, 0.25) is 0 Å². The van der Waals surface area contributed by atoms with E-state index in [0.717, 1.165) is 16.0 Å². The van der Waals surface area contributed by atoms with Crippen LogP contribution in [0.3, 0.4) is 0 Å². The highest BCUT2D eigenvalue weighted by molar-refractivity contribution is 7.20. The van der Waals surface area contributed by atoms with E-state index >= 15 is 0 Å². The molecular weight excluding hydrogens is 330 g/mol. The van der Waals surface area contributed by atoms with Crippen molar-refractivity contribution in [3.63, 3.8) is 0 Å². The van der Waals surface area contributed by atoms with Crippen molar-refractivity contribution in [3.05, 3.63) is 52.5 Å². The fourth-order valence-corrected chi connectivity index (χ4v) is 3.69. The number of para-hydroxylation sites is 1. The van der Waals surface area contributed by atoms with E-state index in [4.69, 9.17) is 4.42 Å². The first-order valence-electron chi connectivity index (χ1n) is 6.88. The Labute approximate surface area is 139 Å². The predicted octanol–water partition coefficient (Wildman–Crippen LogP) is 4.57. The highest BCUT2D eigenvalue weighted by Gasteiger charge is 2.15. The number of carbonyl (C=O) groups excluding carboxylic acids is 1. The fourth-order valence-electron chi connectivity index (χ4n) is 2.14. The summed E-state index contributed by atoms with van der Waals surface area (Å²) in [5.74, 6) is 1.27. The molecule has 0 atom stereocenters. The summed E-state index contributed by atoms with van der Waals surface area (Å²) < 4.78 is 6.52. The van der Waals surface area contributed by atoms with Crippen molar-refractivity contribution < 1.29 is 9.21 Å². The third-order valence-corrected chi connectivity index (χ3v) is 5.00. The molecule has 0 spiro atoms. The maximum Gasteiger partial charge on any atom is 0.286 e. The number of thiazole rings is 2. The first kappa shape index (κ1) is 14.1. The minimum Gasteiger partial charge on any atom is -0.460 e. The lowest BCUT2D eigenvalue weighted by Crippen LogP contribution is -2.11. The van der Waals surface area contributed by atoms with E-state index < -0.39 is 0 Å². The molecule has 0 aliphatic carbocycles. The second-order valence-corrected chi connectivity index (χ2v) is 6.78. The molecule has 0 fully saturated rings. The Bertz CT molecular complexity index is 967. The Kier molecular flexibility index (Phi) is 3.44. The topological polar surface area (TPSA) is 68.0 Å². The van der Waals surface area contributed by atoms with Crippen LogP contribution in [0, 0.1) is 6.92 Å². The number of furan rings is 1. The number of aromatic nitrogens is 2. The molecule has 1 amide bonds. The van der Waals surface area contributed by atoms with Gasteiger partial charge >= 0.3 is 0 Å². The third kappa shape index (κ3) is 2.76. The van der Waals surface area contributed by atoms with Crippen LogP contribution in [0.5, 0.6) is 0 Å². The summed E-state index contributed by atoms with van der Waals surface area (Å²) in [5.41, 5.74) is 1.54. The van der Waals surface area contributed by atoms with Crippen molar-refractivity contribution in [1.29, 1.82) is 0 Å². The molecule has 0 unspecified atom stereocenters. The lowest BCUT2D eigenvalue weighted by molar-refractivity contribution is 0.102. The van der Waals surface area contributed by atoms with Crippen LogP contribution in [-0.4, -0.2) is 15.9 Å². The molecule has 0 saturated heterocycles. The van der Waals surface area contributed by atoms with E-state index in [0.29, 0.717) is 21.6 Å². The summed E-state index contributed by atoms with van der Waals surface area (Å²) in [6, 6.07) is 11.4. The predicted molar refractivity (Wildman–Crippen MR) is 92.1 cm³/mol. The van der Waals surface area contributed by atoms with Gasteiger partial charge in [0.1, 0.15) is 11.5 Å². The van der Waals surface area contributed by atoms with Gasteiger partial charge in [0.15, 0.2) is 15.9 Å². The lowest BCUT2D eigenvalue weighted by atomic mass is 10.3. The van der Waals surface area contributed by atoms with Gasteiger partial charge in [-0.15, -0.1) is 22.7 Å². The van der Waals surface area contributed by atoms with E-state index in [1.807, 2.05) is 48.7 Å². The number of carbonyl (C=O) groups is 1. The molecule has 114 valence electrons. The zero-order valence-corrected chi connectivity index (χ0v) is 13.7. The van der Waals surface area contributed by atoms with Crippen molar-refractivity contribution in [2.75, 3.05) is 5.32 Å². The van der Waals surface area contributed by atoms with Crippen LogP contribution in [0.25, 0.3) is 21.7 Å². The first-order valence-corrected chi connectivity index (χ1v) is 8.58. The van der Waals surface area contributed by atoms with Crippen LogP contribution in [0.15, 0.2) is 46.2 Å². The van der Waals surface area contributed by atoms with Crippen molar-refractivity contribution in [2.45, 2.75) is 6.92 Å². The number of rotatable bonds is 3. The molecular formula is C16H11N3O2S2. The fraction of sp³-hybridized carbons (Fsp3) is 0.0625. The van der Waals surface area contributed by atoms with Gasteiger partial charge in [-0.3, -0.25) is 10.1 Å². The van der Waals surface area contributed by atoms with Gasteiger partial charge in [0, 0.05) is 5.38 Å². The number of hydrogen-bond acceptors (Lipinski definition) is 6. The van der Waals surface area contributed by atoms with Gasteiger partial charge in [-0.25, -0.2) is 9.97 Å². The minimum atomic E-state index is -0.247. The van der Waals surface area contributed by atoms with Gasteiger partial charge in [-0.2, -0.15) is 0 Å². The molecule has 4 rings (SSSR count). The molecule has 0 bridgehead atoms. The number of amides is 1. The average Bonchev–Trinajstić information content (AvgIpc) is 3.25. The molecule has 1 aromatic carbocycles. The molecule has 7 heteroatoms. The Morgan fingerprint density at radius 1 is 1.17 bits per heavy atom. The summed E-state index contributed by atoms with van der Waals surface area (Å²) in [4.78, 5) is 21.0. The largest absolute Gasteiger partial charge is 0.460 e. The van der Waals surface area contributed by atoms with E-state index in [1.54, 1.807) is 0 Å². The van der Waals surface area contributed by atoms with Gasteiger partial charge in [0.25, 0.3) is 5.91 Å². The van der Waals surface area contributed by atoms with E-state index in [9.17, 15) is 4.79 Å². The minimum absolute atomic E-state index is 0.247.